The molecular formula is C3H8O11S3. The standard InChI is InChI=1S/C3H8O11S3/c4-15(5)12-1-3(14-17(9,10)11)2-13-16(6,7)8/h3H,1-2H2,(H,4,5)(H,6,7,8)(H,9,10,11). The normalized spacial score (nSPS) is 16.6. The van der Waals surface area contributed by atoms with Gasteiger partial charge in [-0.15, -0.1) is 0 Å². The zero-order valence-electron chi connectivity index (χ0n) is 7.82. The molecule has 0 rings (SSSR count). The van der Waals surface area contributed by atoms with Gasteiger partial charge in [-0.3, -0.25) is 17.8 Å². The summed E-state index contributed by atoms with van der Waals surface area (Å²) in [6.07, 6.45) is -1.75. The third-order valence-electron chi connectivity index (χ3n) is 1.02. The summed E-state index contributed by atoms with van der Waals surface area (Å²) in [6, 6.07) is 0. The van der Waals surface area contributed by atoms with Gasteiger partial charge in [0, 0.05) is 0 Å². The Bertz CT molecular complexity index is 446. The van der Waals surface area contributed by atoms with E-state index in [1.807, 2.05) is 0 Å². The predicted octanol–water partition coefficient (Wildman–Crippen LogP) is -1.85. The molecule has 14 heteroatoms. The summed E-state index contributed by atoms with van der Waals surface area (Å²) >= 11 is -2.76. The van der Waals surface area contributed by atoms with Gasteiger partial charge in [0.25, 0.3) is 0 Å². The van der Waals surface area contributed by atoms with E-state index in [0.29, 0.717) is 0 Å². The molecule has 0 aliphatic heterocycles. The Morgan fingerprint density at radius 3 is 1.94 bits per heavy atom. The van der Waals surface area contributed by atoms with Crippen molar-refractivity contribution in [3.05, 3.63) is 0 Å². The van der Waals surface area contributed by atoms with Gasteiger partial charge < -0.3 is 0 Å². The lowest BCUT2D eigenvalue weighted by Gasteiger charge is -2.12. The van der Waals surface area contributed by atoms with E-state index in [4.69, 9.17) is 13.7 Å². The molecule has 0 aromatic carbocycles. The Morgan fingerprint density at radius 2 is 1.59 bits per heavy atom. The molecular weight excluding hydrogens is 308 g/mol. The van der Waals surface area contributed by atoms with Crippen molar-refractivity contribution < 1.29 is 47.3 Å². The smallest absolute Gasteiger partial charge is 0.284 e. The number of hydrogen-bond donors (Lipinski definition) is 3. The van der Waals surface area contributed by atoms with Crippen LogP contribution < -0.4 is 0 Å². The summed E-state index contributed by atoms with van der Waals surface area (Å²) in [5, 5.41) is 0. The van der Waals surface area contributed by atoms with Crippen LogP contribution in [0.4, 0.5) is 0 Å². The van der Waals surface area contributed by atoms with Gasteiger partial charge >= 0.3 is 32.2 Å². The van der Waals surface area contributed by atoms with Crippen molar-refractivity contribution in [3.8, 4) is 0 Å². The molecule has 0 spiro atoms. The topological polar surface area (TPSA) is 174 Å². The van der Waals surface area contributed by atoms with Crippen LogP contribution in [0, 0.1) is 0 Å². The molecule has 11 nitrogen and oxygen atoms in total. The minimum absolute atomic E-state index is 0.890. The van der Waals surface area contributed by atoms with Crippen molar-refractivity contribution in [2.75, 3.05) is 13.2 Å². The van der Waals surface area contributed by atoms with E-state index in [1.165, 1.54) is 0 Å². The summed E-state index contributed by atoms with van der Waals surface area (Å²) < 4.78 is 87.2. The molecule has 3 N–H and O–H groups in total. The van der Waals surface area contributed by atoms with E-state index in [9.17, 15) is 21.0 Å². The summed E-state index contributed by atoms with van der Waals surface area (Å²) in [6.45, 7) is -1.95. The van der Waals surface area contributed by atoms with Crippen LogP contribution in [0.2, 0.25) is 0 Å². The van der Waals surface area contributed by atoms with Crippen LogP contribution in [-0.4, -0.2) is 54.0 Å². The van der Waals surface area contributed by atoms with Crippen LogP contribution in [0.3, 0.4) is 0 Å². The Labute approximate surface area is 99.1 Å². The van der Waals surface area contributed by atoms with Gasteiger partial charge in [0.2, 0.25) is 0 Å². The maximum Gasteiger partial charge on any atom is 0.397 e. The molecule has 0 heterocycles. The van der Waals surface area contributed by atoms with Crippen molar-refractivity contribution >= 4 is 32.2 Å². The first-order chi connectivity index (χ1) is 7.49. The predicted molar refractivity (Wildman–Crippen MR) is 50.6 cm³/mol. The quantitative estimate of drug-likeness (QED) is 0.338. The van der Waals surface area contributed by atoms with Crippen molar-refractivity contribution in [2.24, 2.45) is 0 Å². The fourth-order valence-electron chi connectivity index (χ4n) is 0.572. The monoisotopic (exact) mass is 316 g/mol. The lowest BCUT2D eigenvalue weighted by molar-refractivity contribution is 0.0747. The van der Waals surface area contributed by atoms with Gasteiger partial charge in [0.1, 0.15) is 6.10 Å². The maximum atomic E-state index is 10.3. The second kappa shape index (κ2) is 6.66. The minimum Gasteiger partial charge on any atom is -0.284 e. The van der Waals surface area contributed by atoms with Gasteiger partial charge in [0.15, 0.2) is 0 Å². The van der Waals surface area contributed by atoms with E-state index in [0.717, 1.165) is 0 Å². The first-order valence-electron chi connectivity index (χ1n) is 3.51. The van der Waals surface area contributed by atoms with E-state index in [1.54, 1.807) is 0 Å². The summed E-state index contributed by atoms with van der Waals surface area (Å²) in [4.78, 5) is 0. The highest BCUT2D eigenvalue weighted by atomic mass is 32.3. The van der Waals surface area contributed by atoms with E-state index < -0.39 is 51.5 Å². The van der Waals surface area contributed by atoms with E-state index in [-0.39, 0.29) is 0 Å². The molecule has 0 radical (unpaired) electrons. The lowest BCUT2D eigenvalue weighted by atomic mass is 10.4. The highest BCUT2D eigenvalue weighted by Gasteiger charge is 2.21. The Balaban J connectivity index is 4.45. The maximum absolute atomic E-state index is 10.3. The fraction of sp³-hybridized carbons (Fsp3) is 1.00. The molecule has 0 saturated heterocycles. The van der Waals surface area contributed by atoms with Crippen molar-refractivity contribution in [1.82, 2.24) is 0 Å². The average Bonchev–Trinajstić information content (AvgIpc) is 2.06. The van der Waals surface area contributed by atoms with Gasteiger partial charge in [-0.1, -0.05) is 0 Å². The first kappa shape index (κ1) is 16.8. The molecule has 0 bridgehead atoms. The molecule has 104 valence electrons. The molecule has 0 aromatic heterocycles. The highest BCUT2D eigenvalue weighted by Crippen LogP contribution is 2.02. The van der Waals surface area contributed by atoms with Crippen molar-refractivity contribution in [3.63, 3.8) is 0 Å². The van der Waals surface area contributed by atoms with Gasteiger partial charge in [0.05, 0.1) is 13.2 Å². The Morgan fingerprint density at radius 1 is 1.06 bits per heavy atom. The van der Waals surface area contributed by atoms with Crippen molar-refractivity contribution in [2.45, 2.75) is 6.10 Å². The molecule has 2 atom stereocenters. The molecule has 0 amide bonds. The highest BCUT2D eigenvalue weighted by molar-refractivity contribution is 7.81. The fourth-order valence-corrected chi connectivity index (χ4v) is 1.62. The second-order valence-electron chi connectivity index (χ2n) is 2.36. The Hall–Kier alpha value is -0.190. The number of rotatable bonds is 8. The Kier molecular flexibility index (Phi) is 6.59. The summed E-state index contributed by atoms with van der Waals surface area (Å²) in [5.41, 5.74) is 0. The molecule has 0 aliphatic rings. The number of hydrogen-bond acceptors (Lipinski definition) is 8. The molecule has 0 fully saturated rings. The SMILES string of the molecule is O=S(O)OCC(COS(=O)(=O)O)OS(=O)(=O)O. The zero-order valence-corrected chi connectivity index (χ0v) is 10.3. The van der Waals surface area contributed by atoms with Crippen LogP contribution in [0.15, 0.2) is 0 Å². The molecule has 17 heavy (non-hydrogen) atoms. The van der Waals surface area contributed by atoms with Gasteiger partial charge in [-0.25, -0.2) is 8.37 Å². The van der Waals surface area contributed by atoms with Crippen LogP contribution in [0.5, 0.6) is 0 Å². The van der Waals surface area contributed by atoms with E-state index >= 15 is 0 Å². The largest absolute Gasteiger partial charge is 0.397 e. The third kappa shape index (κ3) is 12.1. The third-order valence-corrected chi connectivity index (χ3v) is 2.30. The molecule has 0 aromatic rings. The molecule has 0 saturated carbocycles. The second-order valence-corrected chi connectivity index (χ2v) is 5.17. The first-order valence-corrected chi connectivity index (χ1v) is 7.27. The van der Waals surface area contributed by atoms with Crippen LogP contribution >= 0.6 is 0 Å². The van der Waals surface area contributed by atoms with Gasteiger partial charge in [-0.05, 0) is 0 Å². The van der Waals surface area contributed by atoms with E-state index in [2.05, 4.69) is 12.5 Å². The van der Waals surface area contributed by atoms with Gasteiger partial charge in [-0.2, -0.15) is 21.0 Å². The molecule has 2 unspecified atom stereocenters. The average molecular weight is 316 g/mol. The lowest BCUT2D eigenvalue weighted by Crippen LogP contribution is -2.29. The van der Waals surface area contributed by atoms with Crippen LogP contribution in [0.1, 0.15) is 0 Å². The van der Waals surface area contributed by atoms with Crippen LogP contribution in [0.25, 0.3) is 0 Å². The molecule has 0 aliphatic carbocycles. The zero-order chi connectivity index (χ0) is 13.7. The summed E-state index contributed by atoms with van der Waals surface area (Å²) in [7, 11) is -9.82. The van der Waals surface area contributed by atoms with Crippen molar-refractivity contribution in [1.29, 1.82) is 0 Å². The minimum atomic E-state index is -4.96. The van der Waals surface area contributed by atoms with Crippen LogP contribution in [-0.2, 0) is 44.7 Å². The summed E-state index contributed by atoms with van der Waals surface area (Å²) in [5.74, 6) is 0.